The molecule has 1 N–H and O–H groups in total. The van der Waals surface area contributed by atoms with Gasteiger partial charge in [0.1, 0.15) is 6.54 Å². The van der Waals surface area contributed by atoms with Gasteiger partial charge in [-0.05, 0) is 49.4 Å². The third-order valence-corrected chi connectivity index (χ3v) is 6.91. The number of morpholine rings is 1. The number of carbonyl (C=O) groups is 2. The van der Waals surface area contributed by atoms with E-state index in [2.05, 4.69) is 16.4 Å². The van der Waals surface area contributed by atoms with Crippen LogP contribution in [-0.2, 0) is 20.9 Å². The van der Waals surface area contributed by atoms with E-state index in [1.54, 1.807) is 0 Å². The lowest BCUT2D eigenvalue weighted by molar-refractivity contribution is -0.135. The number of nitrogens with one attached hydrogen (secondary N) is 1. The first-order valence-electron chi connectivity index (χ1n) is 11.3. The van der Waals surface area contributed by atoms with Gasteiger partial charge >= 0.3 is 0 Å². The minimum absolute atomic E-state index is 0.0686. The van der Waals surface area contributed by atoms with E-state index in [4.69, 9.17) is 4.74 Å². The van der Waals surface area contributed by atoms with Crippen LogP contribution in [0, 0.1) is 13.8 Å². The van der Waals surface area contributed by atoms with E-state index >= 15 is 0 Å². The molecule has 2 saturated heterocycles. The van der Waals surface area contributed by atoms with Crippen molar-refractivity contribution in [2.75, 3.05) is 26.3 Å². The highest BCUT2D eigenvalue weighted by Gasteiger charge is 2.25. The maximum absolute atomic E-state index is 12.8. The normalized spacial score (nSPS) is 18.8. The Kier molecular flexibility index (Phi) is 6.26. The van der Waals surface area contributed by atoms with Gasteiger partial charge in [-0.1, -0.05) is 35.9 Å². The summed E-state index contributed by atoms with van der Waals surface area (Å²) < 4.78 is 7.32. The van der Waals surface area contributed by atoms with Crippen LogP contribution in [0.1, 0.15) is 16.7 Å². The highest BCUT2D eigenvalue weighted by atomic mass is 32.2. The molecule has 2 aliphatic rings. The molecule has 0 atom stereocenters. The van der Waals surface area contributed by atoms with Crippen molar-refractivity contribution in [3.05, 3.63) is 70.3 Å². The molecule has 3 aromatic rings. The summed E-state index contributed by atoms with van der Waals surface area (Å²) in [5.41, 5.74) is 4.94. The molecule has 0 spiro atoms. The second-order valence-corrected chi connectivity index (χ2v) is 9.52. The Morgan fingerprint density at radius 2 is 1.97 bits per heavy atom. The second-order valence-electron chi connectivity index (χ2n) is 8.49. The van der Waals surface area contributed by atoms with Gasteiger partial charge in [0.15, 0.2) is 5.17 Å². The number of amides is 2. The average molecular weight is 475 g/mol. The summed E-state index contributed by atoms with van der Waals surface area (Å²) in [5, 5.41) is 4.43. The third-order valence-electron chi connectivity index (χ3n) is 6.00. The fourth-order valence-corrected chi connectivity index (χ4v) is 5.07. The predicted molar refractivity (Wildman–Crippen MR) is 136 cm³/mol. The van der Waals surface area contributed by atoms with Crippen LogP contribution in [0.4, 0.5) is 5.69 Å². The number of hydrogen-bond acceptors (Lipinski definition) is 5. The summed E-state index contributed by atoms with van der Waals surface area (Å²) in [6.45, 7) is 6.70. The lowest BCUT2D eigenvalue weighted by Gasteiger charge is -2.27. The van der Waals surface area contributed by atoms with Crippen LogP contribution in [0.3, 0.4) is 0 Å². The zero-order chi connectivity index (χ0) is 23.7. The Hall–Kier alpha value is -3.36. The van der Waals surface area contributed by atoms with E-state index in [-0.39, 0.29) is 18.4 Å². The van der Waals surface area contributed by atoms with Crippen molar-refractivity contribution < 1.29 is 14.3 Å². The van der Waals surface area contributed by atoms with Crippen LogP contribution in [-0.4, -0.2) is 52.8 Å². The maximum Gasteiger partial charge on any atom is 0.264 e. The molecule has 174 valence electrons. The van der Waals surface area contributed by atoms with E-state index in [1.165, 1.54) is 17.3 Å². The van der Waals surface area contributed by atoms with E-state index in [9.17, 15) is 9.59 Å². The summed E-state index contributed by atoms with van der Waals surface area (Å²) in [6, 6.07) is 14.0. The summed E-state index contributed by atoms with van der Waals surface area (Å²) in [6.07, 6.45) is 3.83. The highest BCUT2D eigenvalue weighted by molar-refractivity contribution is 8.18. The summed E-state index contributed by atoms with van der Waals surface area (Å²) in [5.74, 6) is -0.103. The number of carbonyl (C=O) groups excluding carboxylic acids is 2. The van der Waals surface area contributed by atoms with Gasteiger partial charge < -0.3 is 19.5 Å². The molecule has 2 fully saturated rings. The molecular formula is C26H26N4O3S. The predicted octanol–water partition coefficient (Wildman–Crippen LogP) is 4.01. The Labute approximate surface area is 202 Å². The molecule has 0 bridgehead atoms. The molecule has 1 aromatic heterocycles. The molecule has 34 heavy (non-hydrogen) atoms. The summed E-state index contributed by atoms with van der Waals surface area (Å²) in [7, 11) is 0. The van der Waals surface area contributed by atoms with Crippen molar-refractivity contribution >= 4 is 51.4 Å². The number of hydrogen-bond donors (Lipinski definition) is 1. The number of fused-ring (bicyclic) bond motifs is 1. The highest BCUT2D eigenvalue weighted by Crippen LogP contribution is 2.32. The summed E-state index contributed by atoms with van der Waals surface area (Å²) >= 11 is 1.33. The van der Waals surface area contributed by atoms with Crippen molar-refractivity contribution in [2.45, 2.75) is 20.4 Å². The Balaban J connectivity index is 1.42. The van der Waals surface area contributed by atoms with E-state index in [0.29, 0.717) is 36.4 Å². The molecule has 0 aliphatic carbocycles. The topological polar surface area (TPSA) is 75.9 Å². The lowest BCUT2D eigenvalue weighted by Crippen LogP contribution is -2.42. The molecule has 0 radical (unpaired) electrons. The number of aromatic nitrogens is 1. The minimum Gasteiger partial charge on any atom is -0.378 e. The number of para-hydroxylation sites is 1. The molecule has 5 rings (SSSR count). The molecule has 7 nitrogen and oxygen atoms in total. The van der Waals surface area contributed by atoms with Crippen LogP contribution < -0.4 is 5.32 Å². The molecule has 2 aliphatic heterocycles. The van der Waals surface area contributed by atoms with Gasteiger partial charge in [0, 0.05) is 35.8 Å². The number of nitrogens with zero attached hydrogens (tertiary/aromatic N) is 3. The number of aliphatic imine (C=N–C) groups is 1. The van der Waals surface area contributed by atoms with Crippen LogP contribution in [0.5, 0.6) is 0 Å². The van der Waals surface area contributed by atoms with Crippen molar-refractivity contribution in [1.29, 1.82) is 0 Å². The number of ether oxygens (including phenoxy) is 1. The SMILES string of the molecule is Cc1ccc(N=C2NC(=O)/C(=C\c3cn(CC(=O)N4CCOCC4)c4ccccc34)S2)c(C)c1. The Bertz CT molecular complexity index is 1340. The maximum atomic E-state index is 12.8. The van der Waals surface area contributed by atoms with Gasteiger partial charge in [-0.2, -0.15) is 0 Å². The first-order chi connectivity index (χ1) is 16.5. The number of thioether (sulfide) groups is 1. The molecule has 0 saturated carbocycles. The summed E-state index contributed by atoms with van der Waals surface area (Å²) in [4.78, 5) is 32.6. The Morgan fingerprint density at radius 1 is 1.18 bits per heavy atom. The molecule has 2 amide bonds. The van der Waals surface area contributed by atoms with Gasteiger partial charge in [-0.3, -0.25) is 9.59 Å². The van der Waals surface area contributed by atoms with Crippen LogP contribution in [0.2, 0.25) is 0 Å². The van der Waals surface area contributed by atoms with Crippen molar-refractivity contribution in [2.24, 2.45) is 4.99 Å². The molecule has 8 heteroatoms. The molecule has 0 unspecified atom stereocenters. The molecular weight excluding hydrogens is 448 g/mol. The quantitative estimate of drug-likeness (QED) is 0.580. The van der Waals surface area contributed by atoms with Crippen LogP contribution >= 0.6 is 11.8 Å². The van der Waals surface area contributed by atoms with Crippen LogP contribution in [0.15, 0.2) is 58.6 Å². The van der Waals surface area contributed by atoms with E-state index in [1.807, 2.05) is 72.0 Å². The van der Waals surface area contributed by atoms with Gasteiger partial charge in [0.2, 0.25) is 5.91 Å². The molecule has 3 heterocycles. The van der Waals surface area contributed by atoms with E-state index in [0.717, 1.165) is 27.7 Å². The fourth-order valence-electron chi connectivity index (χ4n) is 4.24. The van der Waals surface area contributed by atoms with Crippen molar-refractivity contribution in [3.8, 4) is 0 Å². The average Bonchev–Trinajstić information content (AvgIpc) is 3.36. The smallest absolute Gasteiger partial charge is 0.264 e. The van der Waals surface area contributed by atoms with Crippen molar-refractivity contribution in [1.82, 2.24) is 14.8 Å². The van der Waals surface area contributed by atoms with Gasteiger partial charge in [0.05, 0.1) is 23.8 Å². The third kappa shape index (κ3) is 4.64. The largest absolute Gasteiger partial charge is 0.378 e. The molecule has 2 aromatic carbocycles. The first kappa shape index (κ1) is 22.4. The monoisotopic (exact) mass is 474 g/mol. The van der Waals surface area contributed by atoms with Crippen LogP contribution in [0.25, 0.3) is 17.0 Å². The Morgan fingerprint density at radius 3 is 2.76 bits per heavy atom. The standard InChI is InChI=1S/C26H26N4O3S/c1-17-7-8-21(18(2)13-17)27-26-28-25(32)23(34-26)14-19-15-30(22-6-4-3-5-20(19)22)16-24(31)29-9-11-33-12-10-29/h3-8,13-15H,9-12,16H2,1-2H3,(H,27,28,32)/b23-14+. The minimum atomic E-state index is -0.172. The number of amidine groups is 1. The first-order valence-corrected chi connectivity index (χ1v) is 12.1. The van der Waals surface area contributed by atoms with Crippen molar-refractivity contribution in [3.63, 3.8) is 0 Å². The van der Waals surface area contributed by atoms with Gasteiger partial charge in [-0.25, -0.2) is 4.99 Å². The number of aryl methyl sites for hydroxylation is 2. The zero-order valence-corrected chi connectivity index (χ0v) is 20.0. The van der Waals surface area contributed by atoms with Gasteiger partial charge in [-0.15, -0.1) is 0 Å². The van der Waals surface area contributed by atoms with E-state index < -0.39 is 0 Å². The zero-order valence-electron chi connectivity index (χ0n) is 19.2. The fraction of sp³-hybridized carbons (Fsp3) is 0.269. The lowest BCUT2D eigenvalue weighted by atomic mass is 10.1. The second kappa shape index (κ2) is 9.48. The number of rotatable bonds is 4. The van der Waals surface area contributed by atoms with Gasteiger partial charge in [0.25, 0.3) is 5.91 Å². The number of benzene rings is 2.